The molecule has 0 radical (unpaired) electrons. The number of aliphatic hydroxyl groups is 2. The molecular formula is C13H12ClNO3. The average molecular weight is 266 g/mol. The third-order valence-electron chi connectivity index (χ3n) is 2.35. The molecule has 2 aromatic rings. The number of hydrogen-bond donors (Lipinski definition) is 2. The molecule has 1 aromatic heterocycles. The van der Waals surface area contributed by atoms with Gasteiger partial charge < -0.3 is 14.9 Å². The molecule has 5 heteroatoms. The highest BCUT2D eigenvalue weighted by Gasteiger charge is 2.05. The Morgan fingerprint density at radius 2 is 1.94 bits per heavy atom. The molecule has 1 heterocycles. The normalized spacial score (nSPS) is 10.4. The number of aromatic nitrogens is 1. The van der Waals surface area contributed by atoms with E-state index in [-0.39, 0.29) is 13.2 Å². The van der Waals surface area contributed by atoms with Crippen molar-refractivity contribution in [2.45, 2.75) is 13.2 Å². The van der Waals surface area contributed by atoms with Crippen molar-refractivity contribution >= 4 is 11.6 Å². The lowest BCUT2D eigenvalue weighted by molar-refractivity contribution is 0.275. The largest absolute Gasteiger partial charge is 0.439 e. The van der Waals surface area contributed by atoms with Crippen molar-refractivity contribution in [3.63, 3.8) is 0 Å². The summed E-state index contributed by atoms with van der Waals surface area (Å²) in [6.45, 7) is -0.292. The minimum atomic E-state index is -0.243. The van der Waals surface area contributed by atoms with Crippen LogP contribution < -0.4 is 4.74 Å². The SMILES string of the molecule is OCc1cccc(Oc2ccc(Cl)c(CO)n2)c1. The van der Waals surface area contributed by atoms with Crippen LogP contribution in [0.1, 0.15) is 11.3 Å². The zero-order valence-corrected chi connectivity index (χ0v) is 10.3. The minimum absolute atomic E-state index is 0.0485. The van der Waals surface area contributed by atoms with E-state index in [1.165, 1.54) is 0 Å². The van der Waals surface area contributed by atoms with E-state index in [0.717, 1.165) is 5.56 Å². The predicted molar refractivity (Wildman–Crippen MR) is 67.6 cm³/mol. The molecule has 18 heavy (non-hydrogen) atoms. The van der Waals surface area contributed by atoms with Gasteiger partial charge in [-0.05, 0) is 23.8 Å². The Kier molecular flexibility index (Phi) is 4.15. The summed E-state index contributed by atoms with van der Waals surface area (Å²) < 4.78 is 5.53. The van der Waals surface area contributed by atoms with Gasteiger partial charge in [0.2, 0.25) is 5.88 Å². The molecule has 0 fully saturated rings. The van der Waals surface area contributed by atoms with Crippen molar-refractivity contribution < 1.29 is 14.9 Å². The lowest BCUT2D eigenvalue weighted by Crippen LogP contribution is -1.95. The first kappa shape index (κ1) is 12.8. The van der Waals surface area contributed by atoms with Gasteiger partial charge in [-0.1, -0.05) is 23.7 Å². The molecule has 0 saturated heterocycles. The quantitative estimate of drug-likeness (QED) is 0.892. The Morgan fingerprint density at radius 1 is 1.11 bits per heavy atom. The van der Waals surface area contributed by atoms with Crippen LogP contribution >= 0.6 is 11.6 Å². The number of halogens is 1. The first-order chi connectivity index (χ1) is 8.72. The van der Waals surface area contributed by atoms with Crippen LogP contribution in [-0.4, -0.2) is 15.2 Å². The number of ether oxygens (including phenoxy) is 1. The molecule has 0 atom stereocenters. The number of hydrogen-bond acceptors (Lipinski definition) is 4. The molecule has 0 aliphatic heterocycles. The van der Waals surface area contributed by atoms with Crippen LogP contribution in [0.4, 0.5) is 0 Å². The van der Waals surface area contributed by atoms with Crippen LogP contribution in [0.2, 0.25) is 5.02 Å². The maximum atomic E-state index is 9.06. The zero-order valence-electron chi connectivity index (χ0n) is 9.51. The number of pyridine rings is 1. The molecule has 94 valence electrons. The van der Waals surface area contributed by atoms with Gasteiger partial charge in [-0.2, -0.15) is 0 Å². The second-order valence-corrected chi connectivity index (χ2v) is 4.05. The summed E-state index contributed by atoms with van der Waals surface area (Å²) in [6.07, 6.45) is 0. The highest BCUT2D eigenvalue weighted by Crippen LogP contribution is 2.23. The third kappa shape index (κ3) is 2.98. The van der Waals surface area contributed by atoms with Crippen molar-refractivity contribution in [1.82, 2.24) is 4.98 Å². The van der Waals surface area contributed by atoms with Gasteiger partial charge in [0.05, 0.1) is 23.9 Å². The van der Waals surface area contributed by atoms with E-state index in [4.69, 9.17) is 26.6 Å². The van der Waals surface area contributed by atoms with E-state index >= 15 is 0 Å². The summed E-state index contributed by atoms with van der Waals surface area (Å²) in [5, 5.41) is 18.5. The first-order valence-electron chi connectivity index (χ1n) is 5.37. The second kappa shape index (κ2) is 5.82. The van der Waals surface area contributed by atoms with Gasteiger partial charge in [-0.15, -0.1) is 0 Å². The van der Waals surface area contributed by atoms with Gasteiger partial charge in [-0.3, -0.25) is 0 Å². The van der Waals surface area contributed by atoms with Crippen LogP contribution in [0, 0.1) is 0 Å². The number of nitrogens with zero attached hydrogens (tertiary/aromatic N) is 1. The minimum Gasteiger partial charge on any atom is -0.439 e. The van der Waals surface area contributed by atoms with Crippen molar-refractivity contribution in [3.05, 3.63) is 52.7 Å². The molecule has 0 bridgehead atoms. The molecule has 4 nitrogen and oxygen atoms in total. The van der Waals surface area contributed by atoms with Crippen LogP contribution in [0.5, 0.6) is 11.6 Å². The van der Waals surface area contributed by atoms with Crippen LogP contribution in [0.15, 0.2) is 36.4 Å². The molecule has 0 unspecified atom stereocenters. The van der Waals surface area contributed by atoms with Gasteiger partial charge in [0.15, 0.2) is 0 Å². The van der Waals surface area contributed by atoms with E-state index in [1.54, 1.807) is 36.4 Å². The fourth-order valence-corrected chi connectivity index (χ4v) is 1.63. The molecule has 0 spiro atoms. The van der Waals surface area contributed by atoms with Gasteiger partial charge in [0.1, 0.15) is 5.75 Å². The Bertz CT molecular complexity index is 546. The molecule has 0 aliphatic rings. The maximum Gasteiger partial charge on any atom is 0.219 e. The Hall–Kier alpha value is -1.62. The summed E-state index contributed by atoms with van der Waals surface area (Å²) in [5.74, 6) is 0.916. The van der Waals surface area contributed by atoms with Gasteiger partial charge >= 0.3 is 0 Å². The van der Waals surface area contributed by atoms with E-state index in [0.29, 0.717) is 22.3 Å². The van der Waals surface area contributed by atoms with Crippen LogP contribution in [0.3, 0.4) is 0 Å². The summed E-state index contributed by atoms with van der Waals surface area (Å²) in [5.41, 5.74) is 1.12. The maximum absolute atomic E-state index is 9.06. The molecule has 2 N–H and O–H groups in total. The zero-order chi connectivity index (χ0) is 13.0. The molecular weight excluding hydrogens is 254 g/mol. The topological polar surface area (TPSA) is 62.6 Å². The van der Waals surface area contributed by atoms with Gasteiger partial charge in [-0.25, -0.2) is 4.98 Å². The highest BCUT2D eigenvalue weighted by atomic mass is 35.5. The molecule has 0 saturated carbocycles. The summed E-state index contributed by atoms with van der Waals surface area (Å²) in [4.78, 5) is 4.07. The fraction of sp³-hybridized carbons (Fsp3) is 0.154. The second-order valence-electron chi connectivity index (χ2n) is 3.64. The number of rotatable bonds is 4. The average Bonchev–Trinajstić information content (AvgIpc) is 2.41. The lowest BCUT2D eigenvalue weighted by atomic mass is 10.2. The van der Waals surface area contributed by atoms with Crippen molar-refractivity contribution in [2.75, 3.05) is 0 Å². The van der Waals surface area contributed by atoms with E-state index in [2.05, 4.69) is 4.98 Å². The number of benzene rings is 1. The predicted octanol–water partition coefficient (Wildman–Crippen LogP) is 2.51. The summed E-state index contributed by atoms with van der Waals surface area (Å²) in [7, 11) is 0. The number of aliphatic hydroxyl groups excluding tert-OH is 2. The molecule has 2 rings (SSSR count). The summed E-state index contributed by atoms with van der Waals surface area (Å²) in [6, 6.07) is 10.3. The first-order valence-corrected chi connectivity index (χ1v) is 5.74. The lowest BCUT2D eigenvalue weighted by Gasteiger charge is -2.07. The standard InChI is InChI=1S/C13H12ClNO3/c14-11-4-5-13(15-12(11)8-17)18-10-3-1-2-9(6-10)7-16/h1-6,16-17H,7-8H2. The molecule has 0 amide bonds. The van der Waals surface area contributed by atoms with Crippen molar-refractivity contribution in [1.29, 1.82) is 0 Å². The third-order valence-corrected chi connectivity index (χ3v) is 2.69. The Balaban J connectivity index is 2.22. The monoisotopic (exact) mass is 265 g/mol. The van der Waals surface area contributed by atoms with Crippen molar-refractivity contribution in [3.8, 4) is 11.6 Å². The van der Waals surface area contributed by atoms with E-state index < -0.39 is 0 Å². The van der Waals surface area contributed by atoms with E-state index in [1.807, 2.05) is 0 Å². The Morgan fingerprint density at radius 3 is 2.67 bits per heavy atom. The smallest absolute Gasteiger partial charge is 0.219 e. The van der Waals surface area contributed by atoms with Gasteiger partial charge in [0.25, 0.3) is 0 Å². The van der Waals surface area contributed by atoms with Crippen molar-refractivity contribution in [2.24, 2.45) is 0 Å². The molecule has 0 aliphatic carbocycles. The van der Waals surface area contributed by atoms with Crippen LogP contribution in [-0.2, 0) is 13.2 Å². The highest BCUT2D eigenvalue weighted by molar-refractivity contribution is 6.31. The van der Waals surface area contributed by atoms with Gasteiger partial charge in [0, 0.05) is 6.07 Å². The Labute approximate surface area is 109 Å². The molecule has 1 aromatic carbocycles. The fourth-order valence-electron chi connectivity index (χ4n) is 1.46. The van der Waals surface area contributed by atoms with Crippen LogP contribution in [0.25, 0.3) is 0 Å². The summed E-state index contributed by atoms with van der Waals surface area (Å²) >= 11 is 5.84. The van der Waals surface area contributed by atoms with E-state index in [9.17, 15) is 0 Å².